The molecule has 0 saturated carbocycles. The number of aromatic nitrogens is 2. The minimum atomic E-state index is 0.0969. The standard InChI is InChI=1S/C8H9N3O2.2C2H6/c1-6-2-8(11-13-6)12-7-3-9-5-10-4-7;2*1-2/h3-6H,2H2,1H3;2*1-2H3. The molecule has 2 heterocycles. The van der Waals surface area contributed by atoms with Crippen molar-refractivity contribution in [2.24, 2.45) is 5.16 Å². The normalized spacial score (nSPS) is 16.5. The maximum atomic E-state index is 5.35. The van der Waals surface area contributed by atoms with Crippen LogP contribution in [0.5, 0.6) is 5.75 Å². The third-order valence-electron chi connectivity index (χ3n) is 1.57. The molecule has 5 nitrogen and oxygen atoms in total. The summed E-state index contributed by atoms with van der Waals surface area (Å²) < 4.78 is 5.35. The minimum Gasteiger partial charge on any atom is -0.436 e. The molecule has 1 aromatic heterocycles. The SMILES string of the molecule is CC.CC.CC1CC(Oc2cncnc2)=NO1. The molecule has 0 aliphatic carbocycles. The second kappa shape index (κ2) is 9.57. The van der Waals surface area contributed by atoms with Gasteiger partial charge in [-0.1, -0.05) is 32.9 Å². The van der Waals surface area contributed by atoms with Crippen LogP contribution in [0.1, 0.15) is 41.0 Å². The van der Waals surface area contributed by atoms with Crippen molar-refractivity contribution >= 4 is 5.90 Å². The molecule has 1 unspecified atom stereocenters. The molecule has 1 aromatic rings. The van der Waals surface area contributed by atoms with Crippen LogP contribution in [0.15, 0.2) is 23.9 Å². The van der Waals surface area contributed by atoms with Gasteiger partial charge in [0.2, 0.25) is 5.90 Å². The van der Waals surface area contributed by atoms with Gasteiger partial charge in [0, 0.05) is 0 Å². The van der Waals surface area contributed by atoms with Gasteiger partial charge < -0.3 is 9.57 Å². The summed E-state index contributed by atoms with van der Waals surface area (Å²) in [6.07, 6.45) is 5.40. The monoisotopic (exact) mass is 239 g/mol. The van der Waals surface area contributed by atoms with Gasteiger partial charge in [0.15, 0.2) is 5.75 Å². The number of ether oxygens (including phenoxy) is 1. The van der Waals surface area contributed by atoms with E-state index in [2.05, 4.69) is 15.1 Å². The van der Waals surface area contributed by atoms with E-state index in [-0.39, 0.29) is 6.10 Å². The summed E-state index contributed by atoms with van der Waals surface area (Å²) in [5, 5.41) is 3.75. The van der Waals surface area contributed by atoms with Gasteiger partial charge in [0.05, 0.1) is 18.8 Å². The molecule has 0 aromatic carbocycles. The number of rotatable bonds is 1. The molecule has 0 amide bonds. The second-order valence-corrected chi connectivity index (χ2v) is 2.78. The van der Waals surface area contributed by atoms with Crippen LogP contribution in [-0.4, -0.2) is 22.0 Å². The first kappa shape index (κ1) is 15.3. The summed E-state index contributed by atoms with van der Waals surface area (Å²) >= 11 is 0. The zero-order valence-electron chi connectivity index (χ0n) is 11.2. The molecule has 0 spiro atoms. The minimum absolute atomic E-state index is 0.0969. The summed E-state index contributed by atoms with van der Waals surface area (Å²) in [5.41, 5.74) is 0. The van der Waals surface area contributed by atoms with Crippen molar-refractivity contribution in [1.82, 2.24) is 9.97 Å². The molecular formula is C12H21N3O2. The fourth-order valence-corrected chi connectivity index (χ4v) is 1.00. The quantitative estimate of drug-likeness (QED) is 0.755. The Kier molecular flexibility index (Phi) is 8.64. The Bertz CT molecular complexity index is 315. The van der Waals surface area contributed by atoms with Crippen LogP contribution in [0, 0.1) is 0 Å². The molecule has 0 saturated heterocycles. The van der Waals surface area contributed by atoms with E-state index in [1.807, 2.05) is 34.6 Å². The van der Waals surface area contributed by atoms with Crippen LogP contribution in [-0.2, 0) is 4.84 Å². The van der Waals surface area contributed by atoms with Crippen LogP contribution in [0.25, 0.3) is 0 Å². The molecule has 1 aliphatic rings. The van der Waals surface area contributed by atoms with E-state index in [4.69, 9.17) is 9.57 Å². The Hall–Kier alpha value is -1.65. The first-order chi connectivity index (χ1) is 8.34. The zero-order valence-corrected chi connectivity index (χ0v) is 11.2. The van der Waals surface area contributed by atoms with Crippen molar-refractivity contribution < 1.29 is 9.57 Å². The predicted molar refractivity (Wildman–Crippen MR) is 68.0 cm³/mol. The van der Waals surface area contributed by atoms with Crippen molar-refractivity contribution in [1.29, 1.82) is 0 Å². The van der Waals surface area contributed by atoms with Crippen LogP contribution >= 0.6 is 0 Å². The van der Waals surface area contributed by atoms with Crippen LogP contribution in [0.4, 0.5) is 0 Å². The lowest BCUT2D eigenvalue weighted by atomic mass is 10.3. The molecule has 0 bridgehead atoms. The van der Waals surface area contributed by atoms with Gasteiger partial charge in [-0.3, -0.25) is 0 Å². The third kappa shape index (κ3) is 5.85. The highest BCUT2D eigenvalue weighted by atomic mass is 16.7. The highest BCUT2D eigenvalue weighted by Crippen LogP contribution is 2.13. The fourth-order valence-electron chi connectivity index (χ4n) is 1.00. The largest absolute Gasteiger partial charge is 0.436 e. The highest BCUT2D eigenvalue weighted by molar-refractivity contribution is 5.79. The van der Waals surface area contributed by atoms with E-state index >= 15 is 0 Å². The first-order valence-electron chi connectivity index (χ1n) is 6.00. The van der Waals surface area contributed by atoms with E-state index in [1.54, 1.807) is 12.4 Å². The van der Waals surface area contributed by atoms with Gasteiger partial charge in [0.25, 0.3) is 0 Å². The molecule has 0 radical (unpaired) electrons. The van der Waals surface area contributed by atoms with Crippen molar-refractivity contribution in [3.05, 3.63) is 18.7 Å². The number of oxime groups is 1. The van der Waals surface area contributed by atoms with Crippen molar-refractivity contribution in [2.45, 2.75) is 47.1 Å². The van der Waals surface area contributed by atoms with Crippen molar-refractivity contribution in [3.8, 4) is 5.75 Å². The molecule has 96 valence electrons. The smallest absolute Gasteiger partial charge is 0.235 e. The van der Waals surface area contributed by atoms with Gasteiger partial charge in [-0.15, -0.1) is 0 Å². The topological polar surface area (TPSA) is 56.6 Å². The predicted octanol–water partition coefficient (Wildman–Crippen LogP) is 3.03. The molecule has 5 heteroatoms. The lowest BCUT2D eigenvalue weighted by Gasteiger charge is -2.00. The summed E-state index contributed by atoms with van der Waals surface area (Å²) in [6, 6.07) is 0. The van der Waals surface area contributed by atoms with E-state index in [0.717, 1.165) is 0 Å². The lowest BCUT2D eigenvalue weighted by molar-refractivity contribution is 0.0992. The Balaban J connectivity index is 0.000000581. The number of hydrogen-bond acceptors (Lipinski definition) is 5. The molecule has 1 aliphatic heterocycles. The summed E-state index contributed by atoms with van der Waals surface area (Å²) in [5.74, 6) is 1.15. The van der Waals surface area contributed by atoms with E-state index < -0.39 is 0 Å². The van der Waals surface area contributed by atoms with Gasteiger partial charge in [-0.05, 0) is 6.92 Å². The molecule has 0 fully saturated rings. The average Bonchev–Trinajstić information content (AvgIpc) is 2.81. The van der Waals surface area contributed by atoms with E-state index in [9.17, 15) is 0 Å². The second-order valence-electron chi connectivity index (χ2n) is 2.78. The van der Waals surface area contributed by atoms with E-state index in [1.165, 1.54) is 6.33 Å². The van der Waals surface area contributed by atoms with Crippen molar-refractivity contribution in [3.63, 3.8) is 0 Å². The molecule has 1 atom stereocenters. The van der Waals surface area contributed by atoms with E-state index in [0.29, 0.717) is 18.1 Å². The van der Waals surface area contributed by atoms with Crippen LogP contribution in [0.2, 0.25) is 0 Å². The highest BCUT2D eigenvalue weighted by Gasteiger charge is 2.17. The summed E-state index contributed by atoms with van der Waals surface area (Å²) in [7, 11) is 0. The Labute approximate surface area is 103 Å². The maximum absolute atomic E-state index is 5.35. The first-order valence-corrected chi connectivity index (χ1v) is 6.00. The maximum Gasteiger partial charge on any atom is 0.235 e. The lowest BCUT2D eigenvalue weighted by Crippen LogP contribution is -2.08. The Morgan fingerprint density at radius 1 is 1.18 bits per heavy atom. The molecule has 0 N–H and O–H groups in total. The van der Waals surface area contributed by atoms with Gasteiger partial charge in [-0.25, -0.2) is 9.97 Å². The van der Waals surface area contributed by atoms with Crippen molar-refractivity contribution in [2.75, 3.05) is 0 Å². The summed E-state index contributed by atoms with van der Waals surface area (Å²) in [6.45, 7) is 9.93. The molecule has 2 rings (SSSR count). The Morgan fingerprint density at radius 3 is 2.24 bits per heavy atom. The van der Waals surface area contributed by atoms with Crippen LogP contribution < -0.4 is 4.74 Å². The average molecular weight is 239 g/mol. The van der Waals surface area contributed by atoms with Gasteiger partial charge in [-0.2, -0.15) is 0 Å². The molecular weight excluding hydrogens is 218 g/mol. The van der Waals surface area contributed by atoms with Gasteiger partial charge >= 0.3 is 0 Å². The third-order valence-corrected chi connectivity index (χ3v) is 1.57. The van der Waals surface area contributed by atoms with Gasteiger partial charge in [0.1, 0.15) is 12.4 Å². The zero-order chi connectivity index (χ0) is 13.1. The summed E-state index contributed by atoms with van der Waals surface area (Å²) in [4.78, 5) is 12.6. The fraction of sp³-hybridized carbons (Fsp3) is 0.583. The number of nitrogens with zero attached hydrogens (tertiary/aromatic N) is 3. The van der Waals surface area contributed by atoms with Crippen LogP contribution in [0.3, 0.4) is 0 Å². The number of hydrogen-bond donors (Lipinski definition) is 0. The molecule has 17 heavy (non-hydrogen) atoms. The Morgan fingerprint density at radius 2 is 1.76 bits per heavy atom.